The third-order valence-corrected chi connectivity index (χ3v) is 4.93. The average molecular weight is 393 g/mol. The molecule has 0 radical (unpaired) electrons. The number of rotatable bonds is 5. The summed E-state index contributed by atoms with van der Waals surface area (Å²) in [6.45, 7) is 1.92. The molecule has 0 saturated heterocycles. The highest BCUT2D eigenvalue weighted by Gasteiger charge is 2.14. The molecule has 0 N–H and O–H groups in total. The van der Waals surface area contributed by atoms with E-state index in [2.05, 4.69) is 11.1 Å². The molecule has 4 aromatic rings. The van der Waals surface area contributed by atoms with E-state index in [9.17, 15) is 4.79 Å². The number of benzene rings is 3. The first-order valence-corrected chi connectivity index (χ1v) is 9.43. The van der Waals surface area contributed by atoms with Gasteiger partial charge in [-0.1, -0.05) is 36.4 Å². The topological polar surface area (TPSA) is 67.9 Å². The zero-order valence-electron chi connectivity index (χ0n) is 16.7. The number of hydrogen-bond donors (Lipinski definition) is 0. The third kappa shape index (κ3) is 3.71. The zero-order chi connectivity index (χ0) is 21.1. The molecular formula is C25H19N3O2. The number of ketones is 1. The van der Waals surface area contributed by atoms with Crippen LogP contribution in [0.5, 0.6) is 5.75 Å². The van der Waals surface area contributed by atoms with Gasteiger partial charge in [-0.15, -0.1) is 0 Å². The number of nitrogens with zero attached hydrogens (tertiary/aromatic N) is 3. The van der Waals surface area contributed by atoms with Crippen molar-refractivity contribution in [3.05, 3.63) is 102 Å². The first-order chi connectivity index (χ1) is 14.6. The van der Waals surface area contributed by atoms with Gasteiger partial charge in [-0.25, -0.2) is 4.98 Å². The van der Waals surface area contributed by atoms with E-state index in [1.807, 2.05) is 60.2 Å². The molecular weight excluding hydrogens is 374 g/mol. The Bertz CT molecular complexity index is 1250. The summed E-state index contributed by atoms with van der Waals surface area (Å²) in [7, 11) is 1.59. The van der Waals surface area contributed by atoms with Crippen molar-refractivity contribution < 1.29 is 9.53 Å². The molecule has 0 amide bonds. The maximum atomic E-state index is 13.0. The number of carbonyl (C=O) groups is 1. The predicted molar refractivity (Wildman–Crippen MR) is 115 cm³/mol. The quantitative estimate of drug-likeness (QED) is 0.450. The summed E-state index contributed by atoms with van der Waals surface area (Å²) in [5.41, 5.74) is 5.48. The van der Waals surface area contributed by atoms with E-state index in [4.69, 9.17) is 10.00 Å². The summed E-state index contributed by atoms with van der Waals surface area (Å²) in [6.07, 6.45) is 3.62. The van der Waals surface area contributed by atoms with Crippen molar-refractivity contribution in [1.29, 1.82) is 5.26 Å². The zero-order valence-corrected chi connectivity index (χ0v) is 16.7. The summed E-state index contributed by atoms with van der Waals surface area (Å²) in [5, 5.41) is 8.92. The predicted octanol–water partition coefficient (Wildman–Crippen LogP) is 4.96. The van der Waals surface area contributed by atoms with Gasteiger partial charge >= 0.3 is 0 Å². The fourth-order valence-electron chi connectivity index (χ4n) is 3.30. The summed E-state index contributed by atoms with van der Waals surface area (Å²) >= 11 is 0. The van der Waals surface area contributed by atoms with Crippen molar-refractivity contribution in [2.24, 2.45) is 0 Å². The van der Waals surface area contributed by atoms with Crippen molar-refractivity contribution in [2.75, 3.05) is 7.11 Å². The van der Waals surface area contributed by atoms with Crippen LogP contribution in [0, 0.1) is 18.3 Å². The first-order valence-electron chi connectivity index (χ1n) is 9.43. The lowest BCUT2D eigenvalue weighted by Gasteiger charge is -2.11. The van der Waals surface area contributed by atoms with Gasteiger partial charge in [0.2, 0.25) is 0 Å². The van der Waals surface area contributed by atoms with Gasteiger partial charge in [-0.05, 0) is 48.4 Å². The van der Waals surface area contributed by atoms with E-state index >= 15 is 0 Å². The van der Waals surface area contributed by atoms with Gasteiger partial charge in [-0.3, -0.25) is 4.79 Å². The Balaban J connectivity index is 1.60. The van der Waals surface area contributed by atoms with Gasteiger partial charge in [0.05, 0.1) is 36.5 Å². The Morgan fingerprint density at radius 1 is 0.967 bits per heavy atom. The largest absolute Gasteiger partial charge is 0.495 e. The number of ether oxygens (including phenoxy) is 1. The Morgan fingerprint density at radius 3 is 2.17 bits per heavy atom. The van der Waals surface area contributed by atoms with Crippen molar-refractivity contribution in [3.8, 4) is 28.6 Å². The highest BCUT2D eigenvalue weighted by molar-refractivity contribution is 6.09. The minimum absolute atomic E-state index is 0.0759. The Kier molecular flexibility index (Phi) is 5.15. The lowest BCUT2D eigenvalue weighted by Crippen LogP contribution is -2.03. The molecule has 30 heavy (non-hydrogen) atoms. The fourth-order valence-corrected chi connectivity index (χ4v) is 3.30. The van der Waals surface area contributed by atoms with Crippen LogP contribution in [-0.2, 0) is 0 Å². The molecule has 0 saturated carbocycles. The molecule has 5 nitrogen and oxygen atoms in total. The van der Waals surface area contributed by atoms with Crippen molar-refractivity contribution in [3.63, 3.8) is 0 Å². The summed E-state index contributed by atoms with van der Waals surface area (Å²) in [6, 6.07) is 22.3. The Morgan fingerprint density at radius 2 is 1.60 bits per heavy atom. The molecule has 0 aliphatic rings. The highest BCUT2D eigenvalue weighted by atomic mass is 16.5. The van der Waals surface area contributed by atoms with Crippen LogP contribution in [0.25, 0.3) is 16.8 Å². The minimum Gasteiger partial charge on any atom is -0.495 e. The van der Waals surface area contributed by atoms with Gasteiger partial charge in [0.1, 0.15) is 5.75 Å². The van der Waals surface area contributed by atoms with Gasteiger partial charge < -0.3 is 9.30 Å². The van der Waals surface area contributed by atoms with Gasteiger partial charge in [-0.2, -0.15) is 5.26 Å². The van der Waals surface area contributed by atoms with Crippen molar-refractivity contribution in [2.45, 2.75) is 6.92 Å². The molecule has 0 fully saturated rings. The molecule has 146 valence electrons. The summed E-state index contributed by atoms with van der Waals surface area (Å²) in [4.78, 5) is 17.2. The molecule has 0 aliphatic heterocycles. The molecule has 1 aromatic heterocycles. The number of hydrogen-bond acceptors (Lipinski definition) is 4. The SMILES string of the molecule is COc1cc(C(=O)c2ccc(-c3ccc(C#N)cc3)cc2)ccc1-n1cnc(C)c1. The van der Waals surface area contributed by atoms with E-state index < -0.39 is 0 Å². The molecule has 3 aromatic carbocycles. The van der Waals surface area contributed by atoms with E-state index in [0.29, 0.717) is 22.4 Å². The molecule has 0 spiro atoms. The normalized spacial score (nSPS) is 10.4. The number of aromatic nitrogens is 2. The summed E-state index contributed by atoms with van der Waals surface area (Å²) < 4.78 is 7.38. The standard InChI is InChI=1S/C25H19N3O2/c1-17-15-28(16-27-17)23-12-11-22(13-24(23)30-2)25(29)21-9-7-20(8-10-21)19-5-3-18(14-26)4-6-19/h3-13,15-16H,1-2H3. The third-order valence-electron chi connectivity index (χ3n) is 4.93. The lowest BCUT2D eigenvalue weighted by atomic mass is 9.98. The Labute approximate surface area is 174 Å². The molecule has 1 heterocycles. The van der Waals surface area contributed by atoms with Gasteiger partial charge in [0.15, 0.2) is 5.78 Å². The molecule has 0 aliphatic carbocycles. The van der Waals surface area contributed by atoms with Crippen LogP contribution in [0.4, 0.5) is 0 Å². The van der Waals surface area contributed by atoms with E-state index in [0.717, 1.165) is 22.5 Å². The highest BCUT2D eigenvalue weighted by Crippen LogP contribution is 2.27. The second-order valence-corrected chi connectivity index (χ2v) is 6.90. The fraction of sp³-hybridized carbons (Fsp3) is 0.0800. The van der Waals surface area contributed by atoms with Crippen molar-refractivity contribution in [1.82, 2.24) is 9.55 Å². The van der Waals surface area contributed by atoms with Crippen LogP contribution >= 0.6 is 0 Å². The Hall–Kier alpha value is -4.17. The number of aryl methyl sites for hydroxylation is 1. The van der Waals surface area contributed by atoms with Crippen LogP contribution in [-0.4, -0.2) is 22.4 Å². The first kappa shape index (κ1) is 19.2. The number of nitriles is 1. The van der Waals surface area contributed by atoms with E-state index in [1.165, 1.54) is 0 Å². The van der Waals surface area contributed by atoms with Crippen molar-refractivity contribution >= 4 is 5.78 Å². The van der Waals surface area contributed by atoms with Crippen LogP contribution in [0.15, 0.2) is 79.3 Å². The van der Waals surface area contributed by atoms with Crippen LogP contribution in [0.1, 0.15) is 27.2 Å². The van der Waals surface area contributed by atoms with Crippen LogP contribution in [0.2, 0.25) is 0 Å². The molecule has 0 atom stereocenters. The maximum absolute atomic E-state index is 13.0. The molecule has 5 heteroatoms. The second-order valence-electron chi connectivity index (χ2n) is 6.90. The number of imidazole rings is 1. The molecule has 0 unspecified atom stereocenters. The maximum Gasteiger partial charge on any atom is 0.193 e. The van der Waals surface area contributed by atoms with Crippen LogP contribution in [0.3, 0.4) is 0 Å². The number of methoxy groups -OCH3 is 1. The van der Waals surface area contributed by atoms with Gasteiger partial charge in [0, 0.05) is 17.3 Å². The van der Waals surface area contributed by atoms with Gasteiger partial charge in [0.25, 0.3) is 0 Å². The molecule has 0 bridgehead atoms. The smallest absolute Gasteiger partial charge is 0.193 e. The van der Waals surface area contributed by atoms with Crippen LogP contribution < -0.4 is 4.74 Å². The summed E-state index contributed by atoms with van der Waals surface area (Å²) in [5.74, 6) is 0.528. The minimum atomic E-state index is -0.0759. The second kappa shape index (κ2) is 8.06. The monoisotopic (exact) mass is 393 g/mol. The van der Waals surface area contributed by atoms with E-state index in [1.54, 1.807) is 37.7 Å². The molecule has 4 rings (SSSR count). The van der Waals surface area contributed by atoms with E-state index in [-0.39, 0.29) is 5.78 Å². The number of carbonyl (C=O) groups excluding carboxylic acids is 1. The average Bonchev–Trinajstić information content (AvgIpc) is 3.24. The lowest BCUT2D eigenvalue weighted by molar-refractivity contribution is 0.103.